The molecule has 1 aliphatic rings. The van der Waals surface area contributed by atoms with Crippen molar-refractivity contribution in [1.82, 2.24) is 4.90 Å². The summed E-state index contributed by atoms with van der Waals surface area (Å²) in [6.45, 7) is 15.4. The van der Waals surface area contributed by atoms with Crippen molar-refractivity contribution >= 4 is 33.8 Å². The maximum Gasteiger partial charge on any atom is 0.182 e. The molecule has 0 aliphatic carbocycles. The highest BCUT2D eigenvalue weighted by Gasteiger charge is 2.35. The second kappa shape index (κ2) is 12.2. The Balaban J connectivity index is 2.01. The molecule has 0 aromatic heterocycles. The van der Waals surface area contributed by atoms with Gasteiger partial charge >= 0.3 is 0 Å². The number of methoxy groups -OCH3 is 2. The molecule has 1 fully saturated rings. The number of likely N-dealkylation sites (tertiary alicyclic amines) is 1. The number of ketones is 1. The van der Waals surface area contributed by atoms with E-state index in [1.54, 1.807) is 14.2 Å². The van der Waals surface area contributed by atoms with Gasteiger partial charge in [-0.15, -0.1) is 0 Å². The average Bonchev–Trinajstić information content (AvgIpc) is 3.18. The van der Waals surface area contributed by atoms with Crippen LogP contribution in [0.4, 0.5) is 0 Å². The first kappa shape index (κ1) is 30.7. The van der Waals surface area contributed by atoms with Gasteiger partial charge in [-0.25, -0.2) is 0 Å². The van der Waals surface area contributed by atoms with E-state index in [4.69, 9.17) is 9.47 Å². The number of carbonyl (C=O) groups excluding carboxylic acids is 1. The van der Waals surface area contributed by atoms with Crippen LogP contribution in [0.2, 0.25) is 0 Å². The Morgan fingerprint density at radius 3 is 2.18 bits per heavy atom. The fourth-order valence-corrected chi connectivity index (χ4v) is 5.57. The van der Waals surface area contributed by atoms with E-state index >= 15 is 0 Å². The fourth-order valence-electron chi connectivity index (χ4n) is 5.14. The lowest BCUT2D eigenvalue weighted by Crippen LogP contribution is -2.32. The molecular weight excluding hydrogens is 556 g/mol. The quantitative estimate of drug-likeness (QED) is 0.315. The van der Waals surface area contributed by atoms with Gasteiger partial charge < -0.3 is 19.5 Å². The summed E-state index contributed by atoms with van der Waals surface area (Å²) in [5, 5.41) is 11.1. The largest absolute Gasteiger partial charge is 0.507 e. The molecule has 0 saturated carbocycles. The summed E-state index contributed by atoms with van der Waals surface area (Å²) in [7, 11) is 3.28. The molecule has 2 aromatic rings. The molecule has 39 heavy (non-hydrogen) atoms. The van der Waals surface area contributed by atoms with Crippen LogP contribution in [-0.2, 0) is 10.8 Å². The Morgan fingerprint density at radius 2 is 1.69 bits per heavy atom. The van der Waals surface area contributed by atoms with Gasteiger partial charge in [0.2, 0.25) is 0 Å². The molecule has 0 amide bonds. The predicted molar refractivity (Wildman–Crippen MR) is 164 cm³/mol. The molecule has 7 heteroatoms. The van der Waals surface area contributed by atoms with Crippen LogP contribution in [0.25, 0.3) is 6.08 Å². The molecule has 1 heterocycles. The summed E-state index contributed by atoms with van der Waals surface area (Å²) >= 11 is 3.35. The van der Waals surface area contributed by atoms with Crippen LogP contribution in [0.15, 0.2) is 39.9 Å². The van der Waals surface area contributed by atoms with Crippen molar-refractivity contribution in [3.63, 3.8) is 0 Å². The molecule has 0 bridgehead atoms. The van der Waals surface area contributed by atoms with Crippen molar-refractivity contribution in [1.29, 1.82) is 0 Å². The third-order valence-electron chi connectivity index (χ3n) is 7.29. The number of nitrogens with zero attached hydrogens (tertiary/aromatic N) is 2. The van der Waals surface area contributed by atoms with E-state index in [1.807, 2.05) is 30.3 Å². The first-order chi connectivity index (χ1) is 18.2. The van der Waals surface area contributed by atoms with E-state index in [1.165, 1.54) is 0 Å². The highest BCUT2D eigenvalue weighted by atomic mass is 79.9. The number of amidine groups is 1. The summed E-state index contributed by atoms with van der Waals surface area (Å²) in [5.74, 6) is 2.70. The Bertz CT molecular complexity index is 1230. The molecule has 1 N–H and O–H groups in total. The number of Topliss-reactive ketones (excluding diaryl/α,β-unsaturated/α-hetero) is 1. The summed E-state index contributed by atoms with van der Waals surface area (Å²) < 4.78 is 15.5. The van der Waals surface area contributed by atoms with Gasteiger partial charge in [0.05, 0.1) is 36.9 Å². The van der Waals surface area contributed by atoms with Gasteiger partial charge in [0.1, 0.15) is 23.1 Å². The molecule has 6 nitrogen and oxygen atoms in total. The maximum absolute atomic E-state index is 13.8. The number of carbonyl (C=O) groups is 1. The first-order valence-corrected chi connectivity index (χ1v) is 14.2. The lowest BCUT2D eigenvalue weighted by atomic mass is 9.78. The predicted octanol–water partition coefficient (Wildman–Crippen LogP) is 7.71. The monoisotopic (exact) mass is 598 g/mol. The Kier molecular flexibility index (Phi) is 9.58. The molecule has 0 radical (unpaired) electrons. The van der Waals surface area contributed by atoms with E-state index < -0.39 is 0 Å². The Labute approximate surface area is 242 Å². The number of hydrogen-bond acceptors (Lipinski definition) is 5. The van der Waals surface area contributed by atoms with E-state index in [9.17, 15) is 9.90 Å². The van der Waals surface area contributed by atoms with Crippen molar-refractivity contribution < 1.29 is 19.4 Å². The topological polar surface area (TPSA) is 71.4 Å². The molecule has 3 rings (SSSR count). The molecule has 1 saturated heterocycles. The minimum absolute atomic E-state index is 0.00169. The van der Waals surface area contributed by atoms with Crippen LogP contribution in [0, 0.1) is 5.92 Å². The van der Waals surface area contributed by atoms with Gasteiger partial charge in [-0.05, 0) is 47.6 Å². The summed E-state index contributed by atoms with van der Waals surface area (Å²) in [6.07, 6.45) is 4.10. The normalized spacial score (nSPS) is 18.2. The molecule has 1 atom stereocenters. The number of aromatic hydroxyl groups is 1. The number of rotatable bonds is 8. The zero-order chi connectivity index (χ0) is 29.1. The van der Waals surface area contributed by atoms with Crippen molar-refractivity contribution in [2.45, 2.75) is 72.1 Å². The lowest BCUT2D eigenvalue weighted by molar-refractivity contribution is 0.0963. The molecule has 1 unspecified atom stereocenters. The molecule has 2 aromatic carbocycles. The van der Waals surface area contributed by atoms with Gasteiger partial charge in [0, 0.05) is 46.4 Å². The molecule has 212 valence electrons. The Morgan fingerprint density at radius 1 is 1.08 bits per heavy atom. The van der Waals surface area contributed by atoms with Gasteiger partial charge in [-0.2, -0.15) is 4.02 Å². The zero-order valence-corrected chi connectivity index (χ0v) is 26.4. The zero-order valence-electron chi connectivity index (χ0n) is 24.8. The van der Waals surface area contributed by atoms with Crippen LogP contribution in [-0.4, -0.2) is 48.9 Å². The van der Waals surface area contributed by atoms with Crippen LogP contribution < -0.4 is 9.47 Å². The number of benzene rings is 2. The van der Waals surface area contributed by atoms with Gasteiger partial charge in [-0.3, -0.25) is 4.79 Å². The second-order valence-corrected chi connectivity index (χ2v) is 12.7. The molecule has 0 spiro atoms. The number of phenols is 1. The average molecular weight is 600 g/mol. The fraction of sp³-hybridized carbons (Fsp3) is 0.500. The highest BCUT2D eigenvalue weighted by Crippen LogP contribution is 2.40. The van der Waals surface area contributed by atoms with Crippen LogP contribution in [0.3, 0.4) is 0 Å². The van der Waals surface area contributed by atoms with E-state index in [0.717, 1.165) is 46.7 Å². The van der Waals surface area contributed by atoms with Gasteiger partial charge in [-0.1, -0.05) is 54.9 Å². The van der Waals surface area contributed by atoms with Crippen LogP contribution in [0.5, 0.6) is 17.2 Å². The van der Waals surface area contributed by atoms with Crippen LogP contribution >= 0.6 is 16.1 Å². The summed E-state index contributed by atoms with van der Waals surface area (Å²) in [4.78, 5) is 15.8. The standard InChI is InChI=1S/C32H43BrN2O4/c1-10-11-21-18-35(30(34-33)24(21)14-20-12-13-23(38-8)17-28(20)39-9)19-27(36)22-15-25(31(2,3)4)29(37)26(16-22)32(5,6)7/h12-17,21,37H,10-11,18-19H2,1-9H3/b24-14+,34-30?. The SMILES string of the molecule is CCCC1CN(CC(=O)c2cc(C(C)(C)C)c(O)c(C(C)(C)C)c2)C(=NBr)/C1=C/c1ccc(OC)cc1OC. The minimum atomic E-state index is -0.309. The molecular formula is C32H43BrN2O4. The minimum Gasteiger partial charge on any atom is -0.507 e. The smallest absolute Gasteiger partial charge is 0.182 e. The van der Waals surface area contributed by atoms with E-state index in [2.05, 4.69) is 79.6 Å². The van der Waals surface area contributed by atoms with Crippen molar-refractivity contribution in [2.24, 2.45) is 9.94 Å². The Hall–Kier alpha value is -2.80. The van der Waals surface area contributed by atoms with E-state index in [0.29, 0.717) is 17.9 Å². The number of hydrogen-bond donors (Lipinski definition) is 1. The van der Waals surface area contributed by atoms with Crippen molar-refractivity contribution in [2.75, 3.05) is 27.3 Å². The summed E-state index contributed by atoms with van der Waals surface area (Å²) in [6, 6.07) is 9.47. The summed E-state index contributed by atoms with van der Waals surface area (Å²) in [5.41, 5.74) is 3.56. The third-order valence-corrected chi connectivity index (χ3v) is 7.63. The lowest BCUT2D eigenvalue weighted by Gasteiger charge is -2.28. The number of phenolic OH excluding ortho intramolecular Hbond substituents is 1. The second-order valence-electron chi connectivity index (χ2n) is 12.3. The van der Waals surface area contributed by atoms with Crippen molar-refractivity contribution in [3.05, 3.63) is 58.2 Å². The van der Waals surface area contributed by atoms with Gasteiger partial charge in [0.25, 0.3) is 0 Å². The van der Waals surface area contributed by atoms with Crippen LogP contribution in [0.1, 0.15) is 88.4 Å². The first-order valence-electron chi connectivity index (χ1n) is 13.5. The van der Waals surface area contributed by atoms with Gasteiger partial charge in [0.15, 0.2) is 5.78 Å². The number of ether oxygens (including phenoxy) is 2. The maximum atomic E-state index is 13.8. The highest BCUT2D eigenvalue weighted by molar-refractivity contribution is 9.08. The van der Waals surface area contributed by atoms with Crippen molar-refractivity contribution in [3.8, 4) is 17.2 Å². The van der Waals surface area contributed by atoms with E-state index in [-0.39, 0.29) is 34.8 Å². The number of halogens is 1. The molecule has 1 aliphatic heterocycles. The third kappa shape index (κ3) is 6.86.